The summed E-state index contributed by atoms with van der Waals surface area (Å²) in [5, 5.41) is 0. The fraction of sp³-hybridized carbons (Fsp3) is 0.467. The van der Waals surface area contributed by atoms with Crippen molar-refractivity contribution < 1.29 is 0 Å². The predicted octanol–water partition coefficient (Wildman–Crippen LogP) is 4.09. The van der Waals surface area contributed by atoms with E-state index in [2.05, 4.69) is 50.3 Å². The Kier molecular flexibility index (Phi) is 1.98. The Labute approximate surface area is 92.0 Å². The number of benzene rings is 1. The van der Waals surface area contributed by atoms with Crippen LogP contribution < -0.4 is 0 Å². The van der Waals surface area contributed by atoms with Crippen molar-refractivity contribution in [3.63, 3.8) is 0 Å². The molecule has 4 unspecified atom stereocenters. The molecule has 1 saturated carbocycles. The van der Waals surface area contributed by atoms with Gasteiger partial charge < -0.3 is 0 Å². The van der Waals surface area contributed by atoms with Crippen molar-refractivity contribution in [1.82, 2.24) is 0 Å². The van der Waals surface area contributed by atoms with Crippen LogP contribution in [0.5, 0.6) is 0 Å². The SMILES string of the molecule is CC1CC(C)C2c3ccccc3C=CC12. The molecule has 0 spiro atoms. The number of hydrogen-bond donors (Lipinski definition) is 0. The molecule has 0 bridgehead atoms. The van der Waals surface area contributed by atoms with Gasteiger partial charge in [-0.15, -0.1) is 0 Å². The molecule has 0 radical (unpaired) electrons. The monoisotopic (exact) mass is 198 g/mol. The minimum absolute atomic E-state index is 0.779. The van der Waals surface area contributed by atoms with Crippen LogP contribution in [0.4, 0.5) is 0 Å². The molecule has 1 fully saturated rings. The van der Waals surface area contributed by atoms with Gasteiger partial charge in [0.05, 0.1) is 0 Å². The van der Waals surface area contributed by atoms with Crippen molar-refractivity contribution in [2.24, 2.45) is 17.8 Å². The summed E-state index contributed by atoms with van der Waals surface area (Å²) in [7, 11) is 0. The molecule has 15 heavy (non-hydrogen) atoms. The zero-order valence-electron chi connectivity index (χ0n) is 9.48. The second kappa shape index (κ2) is 3.23. The summed E-state index contributed by atoms with van der Waals surface area (Å²) in [5.74, 6) is 3.27. The molecule has 2 aliphatic carbocycles. The molecule has 4 atom stereocenters. The maximum absolute atomic E-state index is 2.45. The summed E-state index contributed by atoms with van der Waals surface area (Å²) < 4.78 is 0. The van der Waals surface area contributed by atoms with E-state index in [0.717, 1.165) is 23.7 Å². The number of allylic oxidation sites excluding steroid dienone is 1. The second-order valence-corrected chi connectivity index (χ2v) is 5.28. The highest BCUT2D eigenvalue weighted by molar-refractivity contribution is 5.59. The van der Waals surface area contributed by atoms with Crippen molar-refractivity contribution in [1.29, 1.82) is 0 Å². The first kappa shape index (κ1) is 9.21. The third kappa shape index (κ3) is 1.27. The summed E-state index contributed by atoms with van der Waals surface area (Å²) in [6.07, 6.45) is 6.15. The molecular formula is C15H18. The lowest BCUT2D eigenvalue weighted by Crippen LogP contribution is -2.15. The van der Waals surface area contributed by atoms with Gasteiger partial charge in [-0.1, -0.05) is 50.3 Å². The highest BCUT2D eigenvalue weighted by atomic mass is 14.4. The van der Waals surface area contributed by atoms with Crippen LogP contribution in [0.25, 0.3) is 6.08 Å². The van der Waals surface area contributed by atoms with Gasteiger partial charge in [0, 0.05) is 0 Å². The smallest absolute Gasteiger partial charge is 0.00646 e. The lowest BCUT2D eigenvalue weighted by molar-refractivity contribution is 0.457. The molecule has 1 aromatic carbocycles. The van der Waals surface area contributed by atoms with Gasteiger partial charge in [0.25, 0.3) is 0 Å². The molecular weight excluding hydrogens is 180 g/mol. The molecule has 3 rings (SSSR count). The Hall–Kier alpha value is -1.04. The fourth-order valence-corrected chi connectivity index (χ4v) is 3.63. The van der Waals surface area contributed by atoms with Crippen LogP contribution >= 0.6 is 0 Å². The highest BCUT2D eigenvalue weighted by Crippen LogP contribution is 2.51. The number of rotatable bonds is 0. The van der Waals surface area contributed by atoms with E-state index in [-0.39, 0.29) is 0 Å². The Morgan fingerprint density at radius 1 is 1.07 bits per heavy atom. The highest BCUT2D eigenvalue weighted by Gasteiger charge is 2.40. The maximum Gasteiger partial charge on any atom is -0.00646 e. The topological polar surface area (TPSA) is 0 Å². The summed E-state index contributed by atoms with van der Waals surface area (Å²) in [4.78, 5) is 0. The molecule has 0 N–H and O–H groups in total. The summed E-state index contributed by atoms with van der Waals surface area (Å²) >= 11 is 0. The Balaban J connectivity index is 2.11. The summed E-state index contributed by atoms with van der Waals surface area (Å²) in [6.45, 7) is 4.82. The van der Waals surface area contributed by atoms with Gasteiger partial charge in [-0.2, -0.15) is 0 Å². The van der Waals surface area contributed by atoms with Crippen molar-refractivity contribution in [2.45, 2.75) is 26.2 Å². The Bertz CT molecular complexity index is 402. The van der Waals surface area contributed by atoms with Crippen LogP contribution in [0, 0.1) is 17.8 Å². The van der Waals surface area contributed by atoms with E-state index in [4.69, 9.17) is 0 Å². The normalized spacial score (nSPS) is 37.5. The first-order valence-corrected chi connectivity index (χ1v) is 6.04. The Morgan fingerprint density at radius 2 is 1.87 bits per heavy atom. The van der Waals surface area contributed by atoms with Gasteiger partial charge >= 0.3 is 0 Å². The van der Waals surface area contributed by atoms with E-state index in [9.17, 15) is 0 Å². The molecule has 1 aromatic rings. The summed E-state index contributed by atoms with van der Waals surface area (Å²) in [6, 6.07) is 8.90. The molecule has 0 nitrogen and oxygen atoms in total. The minimum Gasteiger partial charge on any atom is -0.0799 e. The molecule has 0 saturated heterocycles. The van der Waals surface area contributed by atoms with Gasteiger partial charge in [0.15, 0.2) is 0 Å². The van der Waals surface area contributed by atoms with Gasteiger partial charge in [0.1, 0.15) is 0 Å². The molecule has 0 aliphatic heterocycles. The lowest BCUT2D eigenvalue weighted by Gasteiger charge is -2.27. The van der Waals surface area contributed by atoms with Crippen LogP contribution in [0.3, 0.4) is 0 Å². The standard InChI is InChI=1S/C15H18/c1-10-9-11(2)15-13(10)8-7-12-5-3-4-6-14(12)15/h3-8,10-11,13,15H,9H2,1-2H3. The largest absolute Gasteiger partial charge is 0.0799 e. The van der Waals surface area contributed by atoms with E-state index in [1.54, 1.807) is 5.56 Å². The van der Waals surface area contributed by atoms with Crippen LogP contribution in [0.15, 0.2) is 30.3 Å². The average molecular weight is 198 g/mol. The first-order valence-electron chi connectivity index (χ1n) is 6.04. The third-order valence-corrected chi connectivity index (χ3v) is 4.28. The van der Waals surface area contributed by atoms with Gasteiger partial charge in [0.2, 0.25) is 0 Å². The molecule has 2 aliphatic rings. The van der Waals surface area contributed by atoms with E-state index >= 15 is 0 Å². The van der Waals surface area contributed by atoms with E-state index in [0.29, 0.717) is 0 Å². The van der Waals surface area contributed by atoms with Crippen LogP contribution in [0.1, 0.15) is 37.3 Å². The van der Waals surface area contributed by atoms with Gasteiger partial charge in [-0.25, -0.2) is 0 Å². The summed E-state index contributed by atoms with van der Waals surface area (Å²) in [5.41, 5.74) is 3.03. The van der Waals surface area contributed by atoms with Crippen LogP contribution in [0.2, 0.25) is 0 Å². The number of hydrogen-bond acceptors (Lipinski definition) is 0. The van der Waals surface area contributed by atoms with E-state index < -0.39 is 0 Å². The molecule has 78 valence electrons. The minimum atomic E-state index is 0.779. The maximum atomic E-state index is 2.45. The number of fused-ring (bicyclic) bond motifs is 3. The quantitative estimate of drug-likeness (QED) is 0.589. The zero-order valence-corrected chi connectivity index (χ0v) is 9.48. The molecule has 0 heterocycles. The Morgan fingerprint density at radius 3 is 2.73 bits per heavy atom. The van der Waals surface area contributed by atoms with Crippen LogP contribution in [-0.2, 0) is 0 Å². The third-order valence-electron chi connectivity index (χ3n) is 4.28. The molecule has 0 aromatic heterocycles. The van der Waals surface area contributed by atoms with Gasteiger partial charge in [-0.05, 0) is 41.2 Å². The predicted molar refractivity (Wildman–Crippen MR) is 64.7 cm³/mol. The van der Waals surface area contributed by atoms with E-state index in [1.165, 1.54) is 12.0 Å². The van der Waals surface area contributed by atoms with Crippen molar-refractivity contribution in [2.75, 3.05) is 0 Å². The van der Waals surface area contributed by atoms with Crippen molar-refractivity contribution in [3.8, 4) is 0 Å². The van der Waals surface area contributed by atoms with Crippen LogP contribution in [-0.4, -0.2) is 0 Å². The van der Waals surface area contributed by atoms with Crippen molar-refractivity contribution in [3.05, 3.63) is 41.5 Å². The van der Waals surface area contributed by atoms with Gasteiger partial charge in [-0.3, -0.25) is 0 Å². The zero-order chi connectivity index (χ0) is 10.4. The lowest BCUT2D eigenvalue weighted by atomic mass is 9.77. The van der Waals surface area contributed by atoms with E-state index in [1.807, 2.05) is 0 Å². The molecule has 0 amide bonds. The second-order valence-electron chi connectivity index (χ2n) is 5.28. The van der Waals surface area contributed by atoms with Crippen molar-refractivity contribution >= 4 is 6.08 Å². The first-order chi connectivity index (χ1) is 7.27. The molecule has 0 heteroatoms. The fourth-order valence-electron chi connectivity index (χ4n) is 3.63. The average Bonchev–Trinajstić information content (AvgIpc) is 2.55.